The topological polar surface area (TPSA) is 12.0 Å². The Bertz CT molecular complexity index is 350. The summed E-state index contributed by atoms with van der Waals surface area (Å²) < 4.78 is 1.11. The second-order valence-corrected chi connectivity index (χ2v) is 4.57. The summed E-state index contributed by atoms with van der Waals surface area (Å²) in [5.41, 5.74) is 0.964. The Hall–Kier alpha value is -0.780. The fourth-order valence-corrected chi connectivity index (χ4v) is 1.43. The summed E-state index contributed by atoms with van der Waals surface area (Å²) in [4.78, 5) is 0. The molecule has 0 amide bonds. The Morgan fingerprint density at radius 2 is 2.07 bits per heavy atom. The molecule has 0 heterocycles. The molecule has 1 aromatic rings. The van der Waals surface area contributed by atoms with Crippen LogP contribution in [0.3, 0.4) is 0 Å². The lowest BCUT2D eigenvalue weighted by atomic mass is 10.1. The Morgan fingerprint density at radius 3 is 2.64 bits per heavy atom. The maximum absolute atomic E-state index is 5.38. The number of hydrogen-bond acceptors (Lipinski definition) is 1. The van der Waals surface area contributed by atoms with E-state index in [0.29, 0.717) is 0 Å². The van der Waals surface area contributed by atoms with Crippen molar-refractivity contribution in [3.8, 4) is 12.3 Å². The summed E-state index contributed by atoms with van der Waals surface area (Å²) in [6, 6.07) is 8.12. The Labute approximate surface area is 94.0 Å². The first-order chi connectivity index (χ1) is 6.55. The van der Waals surface area contributed by atoms with Crippen molar-refractivity contribution >= 4 is 15.9 Å². The van der Waals surface area contributed by atoms with Gasteiger partial charge in [0.15, 0.2) is 0 Å². The standard InChI is InChI=1S/C12H14BrN/c1-4-12(2,3)14-9-10-7-5-6-8-11(10)13/h1,5-8,14H,9H2,2-3H3. The quantitative estimate of drug-likeness (QED) is 0.815. The molecule has 0 aliphatic carbocycles. The van der Waals surface area contributed by atoms with Crippen LogP contribution in [-0.2, 0) is 6.54 Å². The van der Waals surface area contributed by atoms with Crippen molar-refractivity contribution in [3.63, 3.8) is 0 Å². The molecule has 1 aromatic carbocycles. The lowest BCUT2D eigenvalue weighted by molar-refractivity contribution is 0.490. The average molecular weight is 252 g/mol. The maximum atomic E-state index is 5.38. The Kier molecular flexibility index (Phi) is 3.74. The molecule has 0 radical (unpaired) electrons. The minimum absolute atomic E-state index is 0.255. The van der Waals surface area contributed by atoms with Gasteiger partial charge >= 0.3 is 0 Å². The van der Waals surface area contributed by atoms with Gasteiger partial charge in [-0.05, 0) is 25.5 Å². The lowest BCUT2D eigenvalue weighted by Crippen LogP contribution is -2.36. The zero-order chi connectivity index (χ0) is 10.6. The van der Waals surface area contributed by atoms with Gasteiger partial charge in [-0.25, -0.2) is 0 Å². The van der Waals surface area contributed by atoms with Crippen molar-refractivity contribution in [2.45, 2.75) is 25.9 Å². The minimum Gasteiger partial charge on any atom is -0.297 e. The third-order valence-corrected chi connectivity index (χ3v) is 2.81. The van der Waals surface area contributed by atoms with Gasteiger partial charge in [0.1, 0.15) is 0 Å². The summed E-state index contributed by atoms with van der Waals surface area (Å²) in [5.74, 6) is 2.70. The highest BCUT2D eigenvalue weighted by atomic mass is 79.9. The Balaban J connectivity index is 2.64. The molecule has 0 spiro atoms. The van der Waals surface area contributed by atoms with Crippen molar-refractivity contribution in [2.24, 2.45) is 0 Å². The molecule has 0 aromatic heterocycles. The van der Waals surface area contributed by atoms with Crippen molar-refractivity contribution < 1.29 is 0 Å². The highest BCUT2D eigenvalue weighted by molar-refractivity contribution is 9.10. The van der Waals surface area contributed by atoms with Crippen LogP contribution in [-0.4, -0.2) is 5.54 Å². The first-order valence-corrected chi connectivity index (χ1v) is 5.31. The molecule has 74 valence electrons. The van der Waals surface area contributed by atoms with Crippen LogP contribution in [0.1, 0.15) is 19.4 Å². The van der Waals surface area contributed by atoms with Crippen molar-refractivity contribution in [3.05, 3.63) is 34.3 Å². The van der Waals surface area contributed by atoms with E-state index >= 15 is 0 Å². The summed E-state index contributed by atoms with van der Waals surface area (Å²) in [7, 11) is 0. The summed E-state index contributed by atoms with van der Waals surface area (Å²) in [6.45, 7) is 4.76. The van der Waals surface area contributed by atoms with Gasteiger partial charge < -0.3 is 0 Å². The molecule has 0 aliphatic rings. The van der Waals surface area contributed by atoms with Crippen molar-refractivity contribution in [1.29, 1.82) is 0 Å². The maximum Gasteiger partial charge on any atom is 0.0743 e. The predicted octanol–water partition coefficient (Wildman–Crippen LogP) is 2.95. The van der Waals surface area contributed by atoms with E-state index in [9.17, 15) is 0 Å². The van der Waals surface area contributed by atoms with Crippen LogP contribution in [0.25, 0.3) is 0 Å². The van der Waals surface area contributed by atoms with E-state index in [0.717, 1.165) is 11.0 Å². The summed E-state index contributed by atoms with van der Waals surface area (Å²) >= 11 is 3.49. The van der Waals surface area contributed by atoms with Gasteiger partial charge in [-0.2, -0.15) is 0 Å². The third-order valence-electron chi connectivity index (χ3n) is 2.04. The van der Waals surface area contributed by atoms with Gasteiger partial charge in [0, 0.05) is 11.0 Å². The van der Waals surface area contributed by atoms with Gasteiger partial charge in [-0.1, -0.05) is 40.0 Å². The predicted molar refractivity (Wildman–Crippen MR) is 63.9 cm³/mol. The van der Waals surface area contributed by atoms with Crippen LogP contribution in [0.2, 0.25) is 0 Å². The van der Waals surface area contributed by atoms with E-state index < -0.39 is 0 Å². The number of hydrogen-bond donors (Lipinski definition) is 1. The molecule has 14 heavy (non-hydrogen) atoms. The highest BCUT2D eigenvalue weighted by Gasteiger charge is 2.12. The zero-order valence-corrected chi connectivity index (χ0v) is 10.1. The van der Waals surface area contributed by atoms with Gasteiger partial charge in [-0.3, -0.25) is 5.32 Å². The molecular formula is C12H14BrN. The van der Waals surface area contributed by atoms with Gasteiger partial charge in [-0.15, -0.1) is 6.42 Å². The molecule has 2 heteroatoms. The molecular weight excluding hydrogens is 238 g/mol. The molecule has 0 unspecified atom stereocenters. The number of benzene rings is 1. The molecule has 0 saturated carbocycles. The third kappa shape index (κ3) is 3.17. The van der Waals surface area contributed by atoms with Crippen LogP contribution in [0.15, 0.2) is 28.7 Å². The van der Waals surface area contributed by atoms with E-state index in [-0.39, 0.29) is 5.54 Å². The first-order valence-electron chi connectivity index (χ1n) is 4.51. The number of terminal acetylenes is 1. The van der Waals surface area contributed by atoms with Crippen LogP contribution in [0, 0.1) is 12.3 Å². The van der Waals surface area contributed by atoms with Crippen molar-refractivity contribution in [2.75, 3.05) is 0 Å². The smallest absolute Gasteiger partial charge is 0.0743 e. The van der Waals surface area contributed by atoms with E-state index in [1.165, 1.54) is 5.56 Å². The van der Waals surface area contributed by atoms with E-state index in [4.69, 9.17) is 6.42 Å². The molecule has 0 fully saturated rings. The molecule has 0 aliphatic heterocycles. The normalized spacial score (nSPS) is 11.0. The molecule has 0 saturated heterocycles. The van der Waals surface area contributed by atoms with Crippen molar-refractivity contribution in [1.82, 2.24) is 5.32 Å². The number of rotatable bonds is 3. The van der Waals surface area contributed by atoms with Crippen LogP contribution in [0.4, 0.5) is 0 Å². The lowest BCUT2D eigenvalue weighted by Gasteiger charge is -2.19. The minimum atomic E-state index is -0.255. The number of halogens is 1. The molecule has 0 bridgehead atoms. The van der Waals surface area contributed by atoms with Gasteiger partial charge in [0.2, 0.25) is 0 Å². The molecule has 0 atom stereocenters. The number of nitrogens with one attached hydrogen (secondary N) is 1. The van der Waals surface area contributed by atoms with Gasteiger partial charge in [0.25, 0.3) is 0 Å². The van der Waals surface area contributed by atoms with E-state index in [1.54, 1.807) is 0 Å². The highest BCUT2D eigenvalue weighted by Crippen LogP contribution is 2.16. The molecule has 1 rings (SSSR count). The first kappa shape index (κ1) is 11.3. The fraction of sp³-hybridized carbons (Fsp3) is 0.333. The summed E-state index contributed by atoms with van der Waals surface area (Å²) in [5, 5.41) is 3.30. The Morgan fingerprint density at radius 1 is 1.43 bits per heavy atom. The summed E-state index contributed by atoms with van der Waals surface area (Å²) in [6.07, 6.45) is 5.38. The van der Waals surface area contributed by atoms with E-state index in [1.807, 2.05) is 32.0 Å². The fourth-order valence-electron chi connectivity index (χ4n) is 1.01. The average Bonchev–Trinajstić information content (AvgIpc) is 2.17. The monoisotopic (exact) mass is 251 g/mol. The largest absolute Gasteiger partial charge is 0.297 e. The second-order valence-electron chi connectivity index (χ2n) is 3.71. The molecule has 1 nitrogen and oxygen atoms in total. The molecule has 1 N–H and O–H groups in total. The van der Waals surface area contributed by atoms with Crippen LogP contribution >= 0.6 is 15.9 Å². The van der Waals surface area contributed by atoms with Crippen LogP contribution < -0.4 is 5.32 Å². The zero-order valence-electron chi connectivity index (χ0n) is 8.47. The SMILES string of the molecule is C#CC(C)(C)NCc1ccccc1Br. The van der Waals surface area contributed by atoms with Gasteiger partial charge in [0.05, 0.1) is 5.54 Å². The second kappa shape index (κ2) is 4.63. The van der Waals surface area contributed by atoms with E-state index in [2.05, 4.69) is 33.2 Å². The van der Waals surface area contributed by atoms with Crippen LogP contribution in [0.5, 0.6) is 0 Å².